The number of ether oxygens (including phenoxy) is 2. The molecule has 2 aliphatic heterocycles. The number of hydrogen-bond donors (Lipinski definition) is 0. The van der Waals surface area contributed by atoms with Crippen LogP contribution >= 0.6 is 0 Å². The molecule has 0 aromatic heterocycles. The van der Waals surface area contributed by atoms with E-state index in [1.165, 1.54) is 13.2 Å². The first-order chi connectivity index (χ1) is 19.2. The second-order valence-electron chi connectivity index (χ2n) is 10.9. The summed E-state index contributed by atoms with van der Waals surface area (Å²) in [6.07, 6.45) is -1.78. The Hall–Kier alpha value is -3.81. The van der Waals surface area contributed by atoms with Crippen LogP contribution in [0.15, 0.2) is 66.7 Å². The molecule has 40 heavy (non-hydrogen) atoms. The molecule has 0 radical (unpaired) electrons. The average Bonchev–Trinajstić information content (AvgIpc) is 3.27. The molecule has 6 rings (SSSR count). The second-order valence-corrected chi connectivity index (χ2v) is 10.9. The number of fused-ring (bicyclic) bond motifs is 5. The molecule has 0 spiro atoms. The van der Waals surface area contributed by atoms with Gasteiger partial charge in [-0.05, 0) is 72.6 Å². The van der Waals surface area contributed by atoms with Crippen molar-refractivity contribution in [2.45, 2.75) is 56.3 Å². The average molecular weight is 550 g/mol. The van der Waals surface area contributed by atoms with Crippen molar-refractivity contribution in [3.63, 3.8) is 0 Å². The van der Waals surface area contributed by atoms with E-state index in [1.54, 1.807) is 4.90 Å². The van der Waals surface area contributed by atoms with E-state index in [-0.39, 0.29) is 47.8 Å². The standard InChI is InChI=1S/C32H30F3NO4/c1-39-24-16-19(13-21(17-24)32(33,34)35)30(37)20-14-22-7-6-8-23(15-20)36(22)31(38)40-18-29-27-11-4-2-9-25(27)26-10-3-5-12-28(26)29/h2-5,9-13,16-17,20,22-23,29H,6-8,14-15,18H2,1H3. The third-order valence-electron chi connectivity index (χ3n) is 8.65. The summed E-state index contributed by atoms with van der Waals surface area (Å²) in [6.45, 7) is 0.217. The summed E-state index contributed by atoms with van der Waals surface area (Å²) < 4.78 is 51.3. The second kappa shape index (κ2) is 10.3. The van der Waals surface area contributed by atoms with Crippen molar-refractivity contribution < 1.29 is 32.2 Å². The SMILES string of the molecule is COc1cc(C(=O)C2CC3CCCC(C2)N3C(=O)OCC2c3ccccc3-c3ccccc32)cc(C(F)(F)F)c1. The van der Waals surface area contributed by atoms with E-state index in [9.17, 15) is 22.8 Å². The lowest BCUT2D eigenvalue weighted by Crippen LogP contribution is -2.55. The maximum Gasteiger partial charge on any atom is 0.416 e. The molecule has 2 bridgehead atoms. The molecule has 3 aromatic rings. The van der Waals surface area contributed by atoms with Crippen molar-refractivity contribution in [3.8, 4) is 16.9 Å². The molecule has 1 amide bonds. The first-order valence-electron chi connectivity index (χ1n) is 13.7. The van der Waals surface area contributed by atoms with Crippen LogP contribution in [0.1, 0.15) is 65.1 Å². The van der Waals surface area contributed by atoms with E-state index in [4.69, 9.17) is 9.47 Å². The summed E-state index contributed by atoms with van der Waals surface area (Å²) >= 11 is 0. The number of carbonyl (C=O) groups is 2. The molecule has 1 aliphatic carbocycles. The normalized spacial score (nSPS) is 21.9. The number of benzene rings is 3. The highest BCUT2D eigenvalue weighted by Crippen LogP contribution is 2.45. The number of rotatable bonds is 5. The van der Waals surface area contributed by atoms with Crippen LogP contribution in [-0.4, -0.2) is 42.6 Å². The predicted molar refractivity (Wildman–Crippen MR) is 143 cm³/mol. The van der Waals surface area contributed by atoms with Gasteiger partial charge in [-0.3, -0.25) is 4.79 Å². The molecule has 0 saturated carbocycles. The smallest absolute Gasteiger partial charge is 0.416 e. The van der Waals surface area contributed by atoms with Crippen molar-refractivity contribution in [2.75, 3.05) is 13.7 Å². The molecule has 0 N–H and O–H groups in total. The van der Waals surface area contributed by atoms with Crippen LogP contribution in [0, 0.1) is 5.92 Å². The number of halogens is 3. The van der Waals surface area contributed by atoms with Crippen molar-refractivity contribution in [3.05, 3.63) is 89.0 Å². The van der Waals surface area contributed by atoms with Crippen LogP contribution in [-0.2, 0) is 10.9 Å². The lowest BCUT2D eigenvalue weighted by Gasteiger charge is -2.47. The summed E-state index contributed by atoms with van der Waals surface area (Å²) in [5.74, 6) is -0.866. The molecular weight excluding hydrogens is 519 g/mol. The van der Waals surface area contributed by atoms with E-state index in [0.29, 0.717) is 12.8 Å². The van der Waals surface area contributed by atoms with Crippen LogP contribution in [0.5, 0.6) is 5.75 Å². The topological polar surface area (TPSA) is 55.8 Å². The summed E-state index contributed by atoms with van der Waals surface area (Å²) in [5.41, 5.74) is 3.66. The number of nitrogens with zero attached hydrogens (tertiary/aromatic N) is 1. The fraction of sp³-hybridized carbons (Fsp3) is 0.375. The van der Waals surface area contributed by atoms with Gasteiger partial charge in [-0.2, -0.15) is 13.2 Å². The van der Waals surface area contributed by atoms with Crippen molar-refractivity contribution in [1.29, 1.82) is 0 Å². The first kappa shape index (κ1) is 26.4. The molecule has 2 unspecified atom stereocenters. The largest absolute Gasteiger partial charge is 0.497 e. The Morgan fingerprint density at radius 2 is 1.50 bits per heavy atom. The minimum atomic E-state index is -4.59. The molecule has 5 nitrogen and oxygen atoms in total. The Labute approximate surface area is 230 Å². The van der Waals surface area contributed by atoms with Crippen molar-refractivity contribution >= 4 is 11.9 Å². The highest BCUT2D eigenvalue weighted by Gasteiger charge is 2.44. The zero-order valence-electron chi connectivity index (χ0n) is 22.1. The van der Waals surface area contributed by atoms with E-state index in [0.717, 1.165) is 53.6 Å². The fourth-order valence-corrected chi connectivity index (χ4v) is 6.82. The minimum absolute atomic E-state index is 0.00515. The summed E-state index contributed by atoms with van der Waals surface area (Å²) in [7, 11) is 1.28. The van der Waals surface area contributed by atoms with Gasteiger partial charge in [0.2, 0.25) is 0 Å². The van der Waals surface area contributed by atoms with Gasteiger partial charge in [0.25, 0.3) is 0 Å². The minimum Gasteiger partial charge on any atom is -0.497 e. The van der Waals surface area contributed by atoms with Gasteiger partial charge in [-0.25, -0.2) is 4.79 Å². The molecule has 2 fully saturated rings. The van der Waals surface area contributed by atoms with Gasteiger partial charge in [0, 0.05) is 29.5 Å². The summed E-state index contributed by atoms with van der Waals surface area (Å²) in [4.78, 5) is 28.7. The van der Waals surface area contributed by atoms with E-state index in [2.05, 4.69) is 24.3 Å². The Morgan fingerprint density at radius 1 is 0.900 bits per heavy atom. The van der Waals surface area contributed by atoms with Gasteiger partial charge in [-0.1, -0.05) is 48.5 Å². The predicted octanol–water partition coefficient (Wildman–Crippen LogP) is 7.48. The van der Waals surface area contributed by atoms with Crippen LogP contribution in [0.3, 0.4) is 0 Å². The number of Topliss-reactive ketones (excluding diaryl/α,β-unsaturated/α-hetero) is 1. The molecule has 208 valence electrons. The Morgan fingerprint density at radius 3 is 2.08 bits per heavy atom. The van der Waals surface area contributed by atoms with Crippen molar-refractivity contribution in [1.82, 2.24) is 4.90 Å². The fourth-order valence-electron chi connectivity index (χ4n) is 6.82. The summed E-state index contributed by atoms with van der Waals surface area (Å²) in [5, 5.41) is 0. The molecule has 2 heterocycles. The third kappa shape index (κ3) is 4.73. The number of piperidine rings is 2. The molecule has 2 atom stereocenters. The van der Waals surface area contributed by atoms with Gasteiger partial charge >= 0.3 is 12.3 Å². The number of ketones is 1. The zero-order chi connectivity index (χ0) is 28.0. The van der Waals surface area contributed by atoms with Crippen LogP contribution in [0.4, 0.5) is 18.0 Å². The van der Waals surface area contributed by atoms with E-state index in [1.807, 2.05) is 24.3 Å². The van der Waals surface area contributed by atoms with E-state index >= 15 is 0 Å². The maximum absolute atomic E-state index is 13.5. The Kier molecular flexibility index (Phi) is 6.80. The highest BCUT2D eigenvalue weighted by atomic mass is 19.4. The van der Waals surface area contributed by atoms with Gasteiger partial charge in [0.1, 0.15) is 12.4 Å². The van der Waals surface area contributed by atoms with Crippen LogP contribution in [0.2, 0.25) is 0 Å². The van der Waals surface area contributed by atoms with E-state index < -0.39 is 17.7 Å². The number of methoxy groups -OCH3 is 1. The van der Waals surface area contributed by atoms with Gasteiger partial charge in [-0.15, -0.1) is 0 Å². The Balaban J connectivity index is 1.17. The number of hydrogen-bond acceptors (Lipinski definition) is 4. The molecular formula is C32H30F3NO4. The molecule has 3 aromatic carbocycles. The molecule has 3 aliphatic rings. The lowest BCUT2D eigenvalue weighted by atomic mass is 9.75. The maximum atomic E-state index is 13.5. The first-order valence-corrected chi connectivity index (χ1v) is 13.7. The molecule has 2 saturated heterocycles. The zero-order valence-corrected chi connectivity index (χ0v) is 22.1. The van der Waals surface area contributed by atoms with Crippen molar-refractivity contribution in [2.24, 2.45) is 5.92 Å². The number of carbonyl (C=O) groups excluding carboxylic acids is 2. The van der Waals surface area contributed by atoms with Crippen LogP contribution in [0.25, 0.3) is 11.1 Å². The monoisotopic (exact) mass is 549 g/mol. The van der Waals surface area contributed by atoms with Gasteiger partial charge in [0.05, 0.1) is 12.7 Å². The Bertz CT molecular complexity index is 1390. The van der Waals surface area contributed by atoms with Gasteiger partial charge < -0.3 is 14.4 Å². The summed E-state index contributed by atoms with van der Waals surface area (Å²) in [6, 6.07) is 19.1. The molecule has 8 heteroatoms. The van der Waals surface area contributed by atoms with Gasteiger partial charge in [0.15, 0.2) is 5.78 Å². The highest BCUT2D eigenvalue weighted by molar-refractivity contribution is 5.98. The lowest BCUT2D eigenvalue weighted by molar-refractivity contribution is -0.137. The number of alkyl halides is 3. The quantitative estimate of drug-likeness (QED) is 0.310. The van der Waals surface area contributed by atoms with Crippen LogP contribution < -0.4 is 4.74 Å². The third-order valence-corrected chi connectivity index (χ3v) is 8.65. The number of amides is 1.